The van der Waals surface area contributed by atoms with Crippen molar-refractivity contribution in [2.45, 2.75) is 10.6 Å². The van der Waals surface area contributed by atoms with E-state index in [1.165, 1.54) is 16.0 Å². The molecule has 80 valence electrons. The Morgan fingerprint density at radius 2 is 1.62 bits per heavy atom. The van der Waals surface area contributed by atoms with E-state index >= 15 is 0 Å². The standard InChI is InChI=1S/C15H14S/c1-2-14-10-6-7-11-15(14)16-12-13-8-4-3-5-9-13/h2-11H,1,12H2. The van der Waals surface area contributed by atoms with Gasteiger partial charge in [-0.25, -0.2) is 0 Å². The summed E-state index contributed by atoms with van der Waals surface area (Å²) in [7, 11) is 0. The van der Waals surface area contributed by atoms with Crippen LogP contribution < -0.4 is 0 Å². The van der Waals surface area contributed by atoms with Crippen LogP contribution in [0.5, 0.6) is 0 Å². The van der Waals surface area contributed by atoms with E-state index in [2.05, 4.69) is 49.0 Å². The molecule has 0 bridgehead atoms. The molecule has 0 atom stereocenters. The summed E-state index contributed by atoms with van der Waals surface area (Å²) in [4.78, 5) is 1.29. The van der Waals surface area contributed by atoms with Crippen LogP contribution in [0, 0.1) is 0 Å². The fourth-order valence-electron chi connectivity index (χ4n) is 1.52. The van der Waals surface area contributed by atoms with Gasteiger partial charge in [-0.05, 0) is 17.2 Å². The average Bonchev–Trinajstić information content (AvgIpc) is 2.38. The summed E-state index contributed by atoms with van der Waals surface area (Å²) < 4.78 is 0. The highest BCUT2D eigenvalue weighted by Crippen LogP contribution is 2.26. The van der Waals surface area contributed by atoms with E-state index in [0.29, 0.717) is 0 Å². The first kappa shape index (κ1) is 11.0. The summed E-state index contributed by atoms with van der Waals surface area (Å²) in [6.45, 7) is 3.83. The van der Waals surface area contributed by atoms with Gasteiger partial charge in [-0.3, -0.25) is 0 Å². The van der Waals surface area contributed by atoms with Crippen molar-refractivity contribution in [3.8, 4) is 0 Å². The molecule has 0 heterocycles. The number of benzene rings is 2. The molecular formula is C15H14S. The number of thioether (sulfide) groups is 1. The highest BCUT2D eigenvalue weighted by atomic mass is 32.2. The van der Waals surface area contributed by atoms with E-state index < -0.39 is 0 Å². The maximum absolute atomic E-state index is 3.83. The Bertz CT molecular complexity index is 460. The molecule has 2 aromatic rings. The molecule has 1 heteroatoms. The third-order valence-electron chi connectivity index (χ3n) is 2.38. The minimum atomic E-state index is 1.01. The van der Waals surface area contributed by atoms with Crippen molar-refractivity contribution in [1.82, 2.24) is 0 Å². The Labute approximate surface area is 101 Å². The lowest BCUT2D eigenvalue weighted by molar-refractivity contribution is 1.37. The lowest BCUT2D eigenvalue weighted by Crippen LogP contribution is -1.82. The zero-order chi connectivity index (χ0) is 11.2. The van der Waals surface area contributed by atoms with E-state index in [9.17, 15) is 0 Å². The van der Waals surface area contributed by atoms with Gasteiger partial charge < -0.3 is 0 Å². The third kappa shape index (κ3) is 2.77. The van der Waals surface area contributed by atoms with Crippen molar-refractivity contribution in [3.63, 3.8) is 0 Å². The average molecular weight is 226 g/mol. The van der Waals surface area contributed by atoms with E-state index in [0.717, 1.165) is 5.75 Å². The van der Waals surface area contributed by atoms with Gasteiger partial charge in [0.15, 0.2) is 0 Å². The first-order chi connectivity index (χ1) is 7.90. The molecule has 0 fully saturated rings. The molecule has 2 aromatic carbocycles. The molecule has 0 unspecified atom stereocenters. The molecule has 0 aliphatic carbocycles. The molecule has 0 aromatic heterocycles. The van der Waals surface area contributed by atoms with Crippen molar-refractivity contribution < 1.29 is 0 Å². The van der Waals surface area contributed by atoms with Gasteiger partial charge in [-0.15, -0.1) is 11.8 Å². The lowest BCUT2D eigenvalue weighted by Gasteiger charge is -2.05. The van der Waals surface area contributed by atoms with Crippen LogP contribution in [-0.2, 0) is 5.75 Å². The lowest BCUT2D eigenvalue weighted by atomic mass is 10.2. The molecule has 0 nitrogen and oxygen atoms in total. The number of hydrogen-bond acceptors (Lipinski definition) is 1. The van der Waals surface area contributed by atoms with E-state index in [1.54, 1.807) is 0 Å². The highest BCUT2D eigenvalue weighted by Gasteiger charge is 1.99. The molecule has 0 aliphatic rings. The van der Waals surface area contributed by atoms with Crippen LogP contribution >= 0.6 is 11.8 Å². The van der Waals surface area contributed by atoms with Gasteiger partial charge >= 0.3 is 0 Å². The van der Waals surface area contributed by atoms with Crippen molar-refractivity contribution in [2.75, 3.05) is 0 Å². The first-order valence-corrected chi connectivity index (χ1v) is 6.27. The number of hydrogen-bond donors (Lipinski definition) is 0. The molecule has 0 N–H and O–H groups in total. The third-order valence-corrected chi connectivity index (χ3v) is 3.54. The predicted molar refractivity (Wildman–Crippen MR) is 72.5 cm³/mol. The van der Waals surface area contributed by atoms with Gasteiger partial charge in [0.1, 0.15) is 0 Å². The van der Waals surface area contributed by atoms with E-state index in [4.69, 9.17) is 0 Å². The summed E-state index contributed by atoms with van der Waals surface area (Å²) in [5.74, 6) is 1.01. The van der Waals surface area contributed by atoms with Gasteiger partial charge in [0, 0.05) is 10.6 Å². The molecule has 0 amide bonds. The summed E-state index contributed by atoms with van der Waals surface area (Å²) in [6, 6.07) is 18.9. The molecular weight excluding hydrogens is 212 g/mol. The Kier molecular flexibility index (Phi) is 3.84. The minimum absolute atomic E-state index is 1.01. The first-order valence-electron chi connectivity index (χ1n) is 5.28. The molecule has 0 saturated heterocycles. The second kappa shape index (κ2) is 5.57. The van der Waals surface area contributed by atoms with Crippen molar-refractivity contribution in [2.24, 2.45) is 0 Å². The molecule has 0 radical (unpaired) electrons. The smallest absolute Gasteiger partial charge is 0.0232 e. The topological polar surface area (TPSA) is 0 Å². The summed E-state index contributed by atoms with van der Waals surface area (Å²) >= 11 is 1.85. The van der Waals surface area contributed by atoms with Gasteiger partial charge in [0.05, 0.1) is 0 Å². The fourth-order valence-corrected chi connectivity index (χ4v) is 2.52. The van der Waals surface area contributed by atoms with E-state index in [1.807, 2.05) is 30.0 Å². The molecule has 16 heavy (non-hydrogen) atoms. The zero-order valence-corrected chi connectivity index (χ0v) is 9.91. The summed E-state index contributed by atoms with van der Waals surface area (Å²) in [6.07, 6.45) is 1.91. The highest BCUT2D eigenvalue weighted by molar-refractivity contribution is 7.98. The molecule has 0 saturated carbocycles. The van der Waals surface area contributed by atoms with Crippen LogP contribution in [0.25, 0.3) is 6.08 Å². The van der Waals surface area contributed by atoms with Crippen LogP contribution in [0.2, 0.25) is 0 Å². The minimum Gasteiger partial charge on any atom is -0.121 e. The van der Waals surface area contributed by atoms with Crippen molar-refractivity contribution in [3.05, 3.63) is 72.3 Å². The normalized spacial score (nSPS) is 10.0. The summed E-state index contributed by atoms with van der Waals surface area (Å²) in [5.41, 5.74) is 2.56. The van der Waals surface area contributed by atoms with Crippen LogP contribution in [0.3, 0.4) is 0 Å². The van der Waals surface area contributed by atoms with Crippen LogP contribution in [0.1, 0.15) is 11.1 Å². The second-order valence-electron chi connectivity index (χ2n) is 3.52. The van der Waals surface area contributed by atoms with Gasteiger partial charge in [-0.2, -0.15) is 0 Å². The van der Waals surface area contributed by atoms with E-state index in [-0.39, 0.29) is 0 Å². The fraction of sp³-hybridized carbons (Fsp3) is 0.0667. The van der Waals surface area contributed by atoms with Crippen LogP contribution in [-0.4, -0.2) is 0 Å². The largest absolute Gasteiger partial charge is 0.121 e. The monoisotopic (exact) mass is 226 g/mol. The Balaban J connectivity index is 2.08. The Morgan fingerprint density at radius 3 is 2.38 bits per heavy atom. The molecule has 0 spiro atoms. The van der Waals surface area contributed by atoms with Crippen LogP contribution in [0.4, 0.5) is 0 Å². The molecule has 0 aliphatic heterocycles. The van der Waals surface area contributed by atoms with Gasteiger partial charge in [0.25, 0.3) is 0 Å². The number of rotatable bonds is 4. The van der Waals surface area contributed by atoms with Gasteiger partial charge in [-0.1, -0.05) is 61.2 Å². The second-order valence-corrected chi connectivity index (χ2v) is 4.53. The van der Waals surface area contributed by atoms with Crippen LogP contribution in [0.15, 0.2) is 66.1 Å². The quantitative estimate of drug-likeness (QED) is 0.685. The Morgan fingerprint density at radius 1 is 0.938 bits per heavy atom. The SMILES string of the molecule is C=Cc1ccccc1SCc1ccccc1. The van der Waals surface area contributed by atoms with Crippen molar-refractivity contribution in [1.29, 1.82) is 0 Å². The van der Waals surface area contributed by atoms with Crippen molar-refractivity contribution >= 4 is 17.8 Å². The van der Waals surface area contributed by atoms with Gasteiger partial charge in [0.2, 0.25) is 0 Å². The zero-order valence-electron chi connectivity index (χ0n) is 9.10. The summed E-state index contributed by atoms with van der Waals surface area (Å²) in [5, 5.41) is 0. The molecule has 2 rings (SSSR count). The predicted octanol–water partition coefficient (Wildman–Crippen LogP) is 4.62. The maximum Gasteiger partial charge on any atom is 0.0232 e. The maximum atomic E-state index is 3.83. The Hall–Kier alpha value is -1.47.